The van der Waals surface area contributed by atoms with Gasteiger partial charge in [-0.3, -0.25) is 4.79 Å². The summed E-state index contributed by atoms with van der Waals surface area (Å²) in [5.41, 5.74) is 8.64. The maximum absolute atomic E-state index is 11.8. The second-order valence-electron chi connectivity index (χ2n) is 5.14. The summed E-state index contributed by atoms with van der Waals surface area (Å²) in [6.45, 7) is 0. The SMILES string of the molecule is NC(=O)c1ccccc1-c1cccc(-c2nnn[nH]2)c1-c1nnn[nH]1. The fraction of sp³-hybridized carbons (Fsp3) is 0. The van der Waals surface area contributed by atoms with Gasteiger partial charge in [-0.05, 0) is 38.0 Å². The molecule has 0 aliphatic rings. The Kier molecular flexibility index (Phi) is 3.47. The lowest BCUT2D eigenvalue weighted by Gasteiger charge is -2.13. The van der Waals surface area contributed by atoms with E-state index in [9.17, 15) is 4.79 Å². The van der Waals surface area contributed by atoms with Crippen LogP contribution in [-0.4, -0.2) is 47.2 Å². The van der Waals surface area contributed by atoms with E-state index in [1.165, 1.54) is 0 Å². The highest BCUT2D eigenvalue weighted by molar-refractivity contribution is 6.03. The van der Waals surface area contributed by atoms with Crippen molar-refractivity contribution < 1.29 is 4.79 Å². The summed E-state index contributed by atoms with van der Waals surface area (Å²) in [5.74, 6) is 0.343. The molecule has 0 spiro atoms. The molecule has 10 heteroatoms. The number of nitrogens with one attached hydrogen (secondary N) is 2. The van der Waals surface area contributed by atoms with E-state index in [0.717, 1.165) is 5.56 Å². The Labute approximate surface area is 140 Å². The molecule has 10 nitrogen and oxygen atoms in total. The predicted molar refractivity (Wildman–Crippen MR) is 86.7 cm³/mol. The maximum Gasteiger partial charge on any atom is 0.249 e. The third-order valence-corrected chi connectivity index (χ3v) is 3.73. The van der Waals surface area contributed by atoms with Crippen molar-refractivity contribution >= 4 is 5.91 Å². The van der Waals surface area contributed by atoms with Crippen molar-refractivity contribution in [3.63, 3.8) is 0 Å². The van der Waals surface area contributed by atoms with Crippen LogP contribution < -0.4 is 5.73 Å². The molecule has 0 bridgehead atoms. The van der Waals surface area contributed by atoms with Crippen LogP contribution in [0.1, 0.15) is 10.4 Å². The van der Waals surface area contributed by atoms with Gasteiger partial charge in [-0.1, -0.05) is 36.4 Å². The molecule has 0 aliphatic carbocycles. The molecular weight excluding hydrogens is 322 g/mol. The third kappa shape index (κ3) is 2.51. The summed E-state index contributed by atoms with van der Waals surface area (Å²) in [6.07, 6.45) is 0. The number of H-pyrrole nitrogens is 2. The summed E-state index contributed by atoms with van der Waals surface area (Å²) in [4.78, 5) is 11.8. The van der Waals surface area contributed by atoms with Crippen LogP contribution in [0.25, 0.3) is 33.9 Å². The zero-order valence-corrected chi connectivity index (χ0v) is 12.7. The van der Waals surface area contributed by atoms with Crippen LogP contribution in [0.5, 0.6) is 0 Å². The molecule has 2 aromatic carbocycles. The zero-order chi connectivity index (χ0) is 17.2. The van der Waals surface area contributed by atoms with Gasteiger partial charge in [0.25, 0.3) is 0 Å². The van der Waals surface area contributed by atoms with Crippen molar-refractivity contribution in [2.24, 2.45) is 5.73 Å². The minimum Gasteiger partial charge on any atom is -0.366 e. The Hall–Kier alpha value is -3.95. The highest BCUT2D eigenvalue weighted by atomic mass is 16.1. The number of aromatic nitrogens is 8. The lowest BCUT2D eigenvalue weighted by Crippen LogP contribution is -2.12. The Bertz CT molecular complexity index is 1030. The predicted octanol–water partition coefficient (Wildman–Crippen LogP) is 0.813. The third-order valence-electron chi connectivity index (χ3n) is 3.73. The summed E-state index contributed by atoms with van der Waals surface area (Å²) in [5, 5.41) is 27.9. The highest BCUT2D eigenvalue weighted by Gasteiger charge is 2.21. The van der Waals surface area contributed by atoms with E-state index < -0.39 is 5.91 Å². The molecule has 0 unspecified atom stereocenters. The van der Waals surface area contributed by atoms with E-state index in [2.05, 4.69) is 41.2 Å². The Morgan fingerprint density at radius 2 is 1.44 bits per heavy atom. The first-order valence-electron chi connectivity index (χ1n) is 7.26. The summed E-state index contributed by atoms with van der Waals surface area (Å²) >= 11 is 0. The number of benzene rings is 2. The molecule has 4 rings (SSSR count). The number of tetrazole rings is 2. The molecule has 2 aromatic heterocycles. The van der Waals surface area contributed by atoms with E-state index in [1.807, 2.05) is 30.3 Å². The standard InChI is InChI=1S/C15H11N9O/c16-13(25)10-5-2-1-4-8(10)9-6-3-7-11(14-17-21-22-18-14)12(9)15-19-23-24-20-15/h1-7H,(H2,16,25)(H,17,18,21,22)(H,19,20,23,24). The molecule has 0 saturated carbocycles. The summed E-state index contributed by atoms with van der Waals surface area (Å²) in [6, 6.07) is 12.6. The monoisotopic (exact) mass is 333 g/mol. The second kappa shape index (κ2) is 5.92. The number of nitrogens with two attached hydrogens (primary N) is 1. The van der Waals surface area contributed by atoms with Gasteiger partial charge in [0, 0.05) is 16.7 Å². The van der Waals surface area contributed by atoms with Gasteiger partial charge in [0.1, 0.15) is 0 Å². The van der Waals surface area contributed by atoms with Gasteiger partial charge in [-0.2, -0.15) is 0 Å². The number of carbonyl (C=O) groups excluding carboxylic acids is 1. The maximum atomic E-state index is 11.8. The average molecular weight is 333 g/mol. The first kappa shape index (κ1) is 14.6. The number of nitrogens with zero attached hydrogens (tertiary/aromatic N) is 6. The van der Waals surface area contributed by atoms with Crippen molar-refractivity contribution in [1.29, 1.82) is 0 Å². The number of hydrogen-bond donors (Lipinski definition) is 3. The number of amides is 1. The molecule has 1 amide bonds. The topological polar surface area (TPSA) is 152 Å². The second-order valence-corrected chi connectivity index (χ2v) is 5.14. The number of rotatable bonds is 4. The van der Waals surface area contributed by atoms with E-state index in [-0.39, 0.29) is 0 Å². The average Bonchev–Trinajstić information content (AvgIpc) is 3.34. The lowest BCUT2D eigenvalue weighted by atomic mass is 9.91. The minimum absolute atomic E-state index is 0.393. The molecule has 0 atom stereocenters. The van der Waals surface area contributed by atoms with Crippen molar-refractivity contribution in [3.8, 4) is 33.9 Å². The lowest BCUT2D eigenvalue weighted by molar-refractivity contribution is 0.100. The Morgan fingerprint density at radius 3 is 2.12 bits per heavy atom. The van der Waals surface area contributed by atoms with Gasteiger partial charge in [0.05, 0.1) is 0 Å². The highest BCUT2D eigenvalue weighted by Crippen LogP contribution is 2.37. The van der Waals surface area contributed by atoms with Crippen LogP contribution in [0, 0.1) is 0 Å². The van der Waals surface area contributed by atoms with Gasteiger partial charge in [-0.25, -0.2) is 10.2 Å². The minimum atomic E-state index is -0.524. The number of carbonyl (C=O) groups is 1. The zero-order valence-electron chi connectivity index (χ0n) is 12.7. The van der Waals surface area contributed by atoms with Crippen LogP contribution in [-0.2, 0) is 0 Å². The fourth-order valence-electron chi connectivity index (χ4n) is 2.70. The van der Waals surface area contributed by atoms with Gasteiger partial charge < -0.3 is 5.73 Å². The molecule has 25 heavy (non-hydrogen) atoms. The summed E-state index contributed by atoms with van der Waals surface area (Å²) < 4.78 is 0. The molecule has 0 radical (unpaired) electrons. The Morgan fingerprint density at radius 1 is 0.800 bits per heavy atom. The molecule has 122 valence electrons. The van der Waals surface area contributed by atoms with Crippen molar-refractivity contribution in [1.82, 2.24) is 41.2 Å². The van der Waals surface area contributed by atoms with Gasteiger partial charge >= 0.3 is 0 Å². The molecule has 4 N–H and O–H groups in total. The Balaban J connectivity index is 2.05. The number of hydrogen-bond acceptors (Lipinski definition) is 7. The van der Waals surface area contributed by atoms with Crippen LogP contribution in [0.2, 0.25) is 0 Å². The first-order valence-corrected chi connectivity index (χ1v) is 7.26. The molecule has 4 aromatic rings. The quantitative estimate of drug-likeness (QED) is 0.499. The van der Waals surface area contributed by atoms with E-state index in [0.29, 0.717) is 33.9 Å². The van der Waals surface area contributed by atoms with Gasteiger partial charge in [0.15, 0.2) is 11.6 Å². The van der Waals surface area contributed by atoms with Gasteiger partial charge in [-0.15, -0.1) is 10.2 Å². The van der Waals surface area contributed by atoms with Crippen molar-refractivity contribution in [2.75, 3.05) is 0 Å². The molecule has 2 heterocycles. The smallest absolute Gasteiger partial charge is 0.249 e. The summed E-state index contributed by atoms with van der Waals surface area (Å²) in [7, 11) is 0. The van der Waals surface area contributed by atoms with Crippen LogP contribution in [0.3, 0.4) is 0 Å². The van der Waals surface area contributed by atoms with E-state index >= 15 is 0 Å². The van der Waals surface area contributed by atoms with Crippen LogP contribution in [0.15, 0.2) is 42.5 Å². The molecular formula is C15H11N9O. The van der Waals surface area contributed by atoms with Crippen LogP contribution >= 0.6 is 0 Å². The fourth-order valence-corrected chi connectivity index (χ4v) is 2.70. The van der Waals surface area contributed by atoms with Gasteiger partial charge in [0.2, 0.25) is 5.91 Å². The number of aromatic amines is 2. The largest absolute Gasteiger partial charge is 0.366 e. The van der Waals surface area contributed by atoms with Crippen molar-refractivity contribution in [2.45, 2.75) is 0 Å². The molecule has 0 saturated heterocycles. The first-order chi connectivity index (χ1) is 12.3. The van der Waals surface area contributed by atoms with E-state index in [4.69, 9.17) is 5.73 Å². The molecule has 0 aliphatic heterocycles. The molecule has 0 fully saturated rings. The van der Waals surface area contributed by atoms with E-state index in [1.54, 1.807) is 12.1 Å². The number of primary amides is 1. The van der Waals surface area contributed by atoms with Crippen molar-refractivity contribution in [3.05, 3.63) is 48.0 Å². The normalized spacial score (nSPS) is 10.7. The van der Waals surface area contributed by atoms with Crippen LogP contribution in [0.4, 0.5) is 0 Å².